The lowest BCUT2D eigenvalue weighted by Crippen LogP contribution is -2.40. The van der Waals surface area contributed by atoms with Crippen LogP contribution in [0.5, 0.6) is 5.75 Å². The minimum Gasteiger partial charge on any atom is -0.496 e. The molecule has 1 atom stereocenters. The van der Waals surface area contributed by atoms with Crippen molar-refractivity contribution in [2.45, 2.75) is 39.3 Å². The predicted octanol–water partition coefficient (Wildman–Crippen LogP) is 1.16. The fourth-order valence-electron chi connectivity index (χ4n) is 2.76. The number of carbonyl (C=O) groups is 1. The Balaban J connectivity index is 2.22. The topological polar surface area (TPSA) is 68.4 Å². The highest BCUT2D eigenvalue weighted by atomic mass is 16.5. The van der Waals surface area contributed by atoms with Crippen molar-refractivity contribution >= 4 is 5.91 Å². The molecule has 0 spiro atoms. The lowest BCUT2D eigenvalue weighted by atomic mass is 10.1. The van der Waals surface area contributed by atoms with Crippen LogP contribution >= 0.6 is 0 Å². The molecule has 1 aliphatic heterocycles. The van der Waals surface area contributed by atoms with Crippen molar-refractivity contribution in [3.8, 4) is 5.75 Å². The van der Waals surface area contributed by atoms with Crippen LogP contribution in [0.25, 0.3) is 0 Å². The molecular weight excluding hydrogens is 242 g/mol. The van der Waals surface area contributed by atoms with Gasteiger partial charge in [-0.15, -0.1) is 0 Å². The van der Waals surface area contributed by atoms with E-state index in [0.29, 0.717) is 6.54 Å². The molecule has 1 aromatic heterocycles. The second-order valence-corrected chi connectivity index (χ2v) is 5.08. The first-order valence-corrected chi connectivity index (χ1v) is 6.57. The number of hydrogen-bond acceptors (Lipinski definition) is 4. The highest BCUT2D eigenvalue weighted by molar-refractivity contribution is 5.80. The van der Waals surface area contributed by atoms with Gasteiger partial charge in [-0.1, -0.05) is 0 Å². The van der Waals surface area contributed by atoms with Crippen LogP contribution in [-0.2, 0) is 11.3 Å². The third-order valence-electron chi connectivity index (χ3n) is 3.79. The molecular formula is C14H21N3O2. The second kappa shape index (κ2) is 5.57. The van der Waals surface area contributed by atoms with Gasteiger partial charge in [-0.3, -0.25) is 14.7 Å². The Kier molecular flexibility index (Phi) is 4.04. The molecule has 19 heavy (non-hydrogen) atoms. The zero-order valence-corrected chi connectivity index (χ0v) is 11.8. The van der Waals surface area contributed by atoms with Gasteiger partial charge in [-0.25, -0.2) is 0 Å². The molecule has 0 aliphatic carbocycles. The number of ether oxygens (including phenoxy) is 1. The molecule has 5 nitrogen and oxygen atoms in total. The SMILES string of the molecule is COc1c(C)cnc(CN2CCCC2C(N)=O)c1C. The maximum atomic E-state index is 11.4. The zero-order chi connectivity index (χ0) is 14.0. The molecule has 104 valence electrons. The van der Waals surface area contributed by atoms with E-state index in [9.17, 15) is 4.79 Å². The minimum atomic E-state index is -0.241. The smallest absolute Gasteiger partial charge is 0.234 e. The van der Waals surface area contributed by atoms with E-state index in [0.717, 1.165) is 42.0 Å². The van der Waals surface area contributed by atoms with Gasteiger partial charge < -0.3 is 10.5 Å². The first kappa shape index (κ1) is 13.8. The first-order valence-electron chi connectivity index (χ1n) is 6.57. The lowest BCUT2D eigenvalue weighted by Gasteiger charge is -2.22. The first-order chi connectivity index (χ1) is 9.04. The predicted molar refractivity (Wildman–Crippen MR) is 72.9 cm³/mol. The maximum Gasteiger partial charge on any atom is 0.234 e. The molecule has 1 fully saturated rings. The van der Waals surface area contributed by atoms with E-state index in [4.69, 9.17) is 10.5 Å². The van der Waals surface area contributed by atoms with Crippen LogP contribution in [0, 0.1) is 13.8 Å². The molecule has 1 saturated heterocycles. The molecule has 1 unspecified atom stereocenters. The summed E-state index contributed by atoms with van der Waals surface area (Å²) in [5.74, 6) is 0.633. The lowest BCUT2D eigenvalue weighted by molar-refractivity contribution is -0.122. The molecule has 0 aromatic carbocycles. The number of primary amides is 1. The van der Waals surface area contributed by atoms with Gasteiger partial charge in [0.05, 0.1) is 18.8 Å². The summed E-state index contributed by atoms with van der Waals surface area (Å²) in [4.78, 5) is 18.0. The molecule has 0 saturated carbocycles. The number of amides is 1. The number of aromatic nitrogens is 1. The van der Waals surface area contributed by atoms with Gasteiger partial charge in [0, 0.05) is 23.9 Å². The number of nitrogens with zero attached hydrogens (tertiary/aromatic N) is 2. The Labute approximate surface area is 113 Å². The number of carbonyl (C=O) groups excluding carboxylic acids is 1. The van der Waals surface area contributed by atoms with Crippen LogP contribution in [0.1, 0.15) is 29.7 Å². The van der Waals surface area contributed by atoms with Gasteiger partial charge >= 0.3 is 0 Å². The second-order valence-electron chi connectivity index (χ2n) is 5.08. The number of pyridine rings is 1. The Morgan fingerprint density at radius 2 is 2.32 bits per heavy atom. The monoisotopic (exact) mass is 263 g/mol. The van der Waals surface area contributed by atoms with Crippen molar-refractivity contribution in [1.29, 1.82) is 0 Å². The van der Waals surface area contributed by atoms with E-state index in [1.54, 1.807) is 7.11 Å². The Hall–Kier alpha value is -1.62. The van der Waals surface area contributed by atoms with Crippen molar-refractivity contribution in [2.24, 2.45) is 5.73 Å². The molecule has 2 rings (SSSR count). The Morgan fingerprint density at radius 3 is 2.95 bits per heavy atom. The molecule has 2 heterocycles. The number of nitrogens with two attached hydrogens (primary N) is 1. The van der Waals surface area contributed by atoms with Crippen molar-refractivity contribution < 1.29 is 9.53 Å². The van der Waals surface area contributed by atoms with Gasteiger partial charge in [0.15, 0.2) is 0 Å². The summed E-state index contributed by atoms with van der Waals surface area (Å²) in [5.41, 5.74) is 8.45. The quantitative estimate of drug-likeness (QED) is 0.885. The molecule has 2 N–H and O–H groups in total. The van der Waals surface area contributed by atoms with E-state index in [1.165, 1.54) is 0 Å². The number of aryl methyl sites for hydroxylation is 1. The number of methoxy groups -OCH3 is 1. The summed E-state index contributed by atoms with van der Waals surface area (Å²) in [6.07, 6.45) is 3.67. The van der Waals surface area contributed by atoms with Crippen LogP contribution in [0.15, 0.2) is 6.20 Å². The van der Waals surface area contributed by atoms with Gasteiger partial charge in [0.25, 0.3) is 0 Å². The average Bonchev–Trinajstić information content (AvgIpc) is 2.82. The molecule has 0 bridgehead atoms. The summed E-state index contributed by atoms with van der Waals surface area (Å²) < 4.78 is 5.41. The fraction of sp³-hybridized carbons (Fsp3) is 0.571. The van der Waals surface area contributed by atoms with Crippen LogP contribution < -0.4 is 10.5 Å². The standard InChI is InChI=1S/C14H21N3O2/c1-9-7-16-11(10(2)13(9)19-3)8-17-6-4-5-12(17)14(15)18/h7,12H,4-6,8H2,1-3H3,(H2,15,18). The van der Waals surface area contributed by atoms with Gasteiger partial charge in [-0.05, 0) is 33.2 Å². The summed E-state index contributed by atoms with van der Waals surface area (Å²) in [7, 11) is 1.67. The van der Waals surface area contributed by atoms with Crippen molar-refractivity contribution in [2.75, 3.05) is 13.7 Å². The van der Waals surface area contributed by atoms with Crippen molar-refractivity contribution in [3.63, 3.8) is 0 Å². The average molecular weight is 263 g/mol. The number of rotatable bonds is 4. The van der Waals surface area contributed by atoms with Crippen LogP contribution in [-0.4, -0.2) is 35.5 Å². The minimum absolute atomic E-state index is 0.159. The highest BCUT2D eigenvalue weighted by Crippen LogP contribution is 2.26. The van der Waals surface area contributed by atoms with Crippen molar-refractivity contribution in [1.82, 2.24) is 9.88 Å². The van der Waals surface area contributed by atoms with Crippen LogP contribution in [0.4, 0.5) is 0 Å². The molecule has 0 radical (unpaired) electrons. The van der Waals surface area contributed by atoms with Gasteiger partial charge in [0.1, 0.15) is 5.75 Å². The Bertz CT molecular complexity index is 488. The Morgan fingerprint density at radius 1 is 1.58 bits per heavy atom. The molecule has 1 amide bonds. The normalized spacial score (nSPS) is 19.6. The van der Waals surface area contributed by atoms with E-state index >= 15 is 0 Å². The van der Waals surface area contributed by atoms with E-state index < -0.39 is 0 Å². The maximum absolute atomic E-state index is 11.4. The van der Waals surface area contributed by atoms with Crippen LogP contribution in [0.2, 0.25) is 0 Å². The van der Waals surface area contributed by atoms with E-state index in [2.05, 4.69) is 9.88 Å². The molecule has 1 aromatic rings. The van der Waals surface area contributed by atoms with Gasteiger partial charge in [0.2, 0.25) is 5.91 Å². The number of likely N-dealkylation sites (tertiary alicyclic amines) is 1. The largest absolute Gasteiger partial charge is 0.496 e. The summed E-state index contributed by atoms with van der Waals surface area (Å²) in [5, 5.41) is 0. The molecule has 5 heteroatoms. The fourth-order valence-corrected chi connectivity index (χ4v) is 2.76. The molecule has 1 aliphatic rings. The summed E-state index contributed by atoms with van der Waals surface area (Å²) >= 11 is 0. The highest BCUT2D eigenvalue weighted by Gasteiger charge is 2.29. The third-order valence-corrected chi connectivity index (χ3v) is 3.79. The number of hydrogen-bond donors (Lipinski definition) is 1. The zero-order valence-electron chi connectivity index (χ0n) is 11.8. The third kappa shape index (κ3) is 2.71. The van der Waals surface area contributed by atoms with Crippen LogP contribution in [0.3, 0.4) is 0 Å². The summed E-state index contributed by atoms with van der Waals surface area (Å²) in [6, 6.07) is -0.159. The van der Waals surface area contributed by atoms with Gasteiger partial charge in [-0.2, -0.15) is 0 Å². The van der Waals surface area contributed by atoms with E-state index in [1.807, 2.05) is 20.0 Å². The summed E-state index contributed by atoms with van der Waals surface area (Å²) in [6.45, 7) is 5.52. The van der Waals surface area contributed by atoms with E-state index in [-0.39, 0.29) is 11.9 Å². The van der Waals surface area contributed by atoms with Crippen molar-refractivity contribution in [3.05, 3.63) is 23.0 Å².